The van der Waals surface area contributed by atoms with Crippen molar-refractivity contribution in [3.63, 3.8) is 0 Å². The number of rotatable bonds is 3. The number of aromatic carboxylic acids is 1. The molecule has 0 aromatic heterocycles. The first kappa shape index (κ1) is 12.5. The Labute approximate surface area is 96.6 Å². The third kappa shape index (κ3) is 3.50. The Morgan fingerprint density at radius 3 is 2.71 bits per heavy atom. The molecule has 0 aliphatic heterocycles. The third-order valence-corrected chi connectivity index (χ3v) is 1.82. The van der Waals surface area contributed by atoms with Crippen molar-refractivity contribution in [2.45, 2.75) is 0 Å². The summed E-state index contributed by atoms with van der Waals surface area (Å²) < 4.78 is 13.3. The summed E-state index contributed by atoms with van der Waals surface area (Å²) >= 11 is 0. The van der Waals surface area contributed by atoms with Crippen LogP contribution in [0.15, 0.2) is 18.2 Å². The Hall–Kier alpha value is -2.55. The Kier molecular flexibility index (Phi) is 4.06. The average molecular weight is 236 g/mol. The molecule has 0 atom stereocenters. The fraction of sp³-hybridized carbons (Fsp3) is 0.0909. The molecule has 0 bridgehead atoms. The van der Waals surface area contributed by atoms with E-state index in [0.717, 1.165) is 12.1 Å². The van der Waals surface area contributed by atoms with Crippen molar-refractivity contribution in [1.82, 2.24) is 5.32 Å². The molecule has 0 aliphatic carbocycles. The van der Waals surface area contributed by atoms with Crippen molar-refractivity contribution in [1.29, 1.82) is 0 Å². The van der Waals surface area contributed by atoms with E-state index in [9.17, 15) is 14.0 Å². The summed E-state index contributed by atoms with van der Waals surface area (Å²) in [6.45, 7) is 0.0145. The fourth-order valence-corrected chi connectivity index (χ4v) is 1.05. The molecular formula is C11H9FN2O3. The van der Waals surface area contributed by atoms with Gasteiger partial charge in [0.25, 0.3) is 0 Å². The Morgan fingerprint density at radius 2 is 2.18 bits per heavy atom. The van der Waals surface area contributed by atoms with Gasteiger partial charge in [-0.25, -0.2) is 14.0 Å². The van der Waals surface area contributed by atoms with Gasteiger partial charge in [0.15, 0.2) is 0 Å². The summed E-state index contributed by atoms with van der Waals surface area (Å²) in [5.74, 6) is 0.104. The quantitative estimate of drug-likeness (QED) is 0.692. The summed E-state index contributed by atoms with van der Waals surface area (Å²) in [7, 11) is 0. The molecule has 1 rings (SSSR count). The zero-order valence-corrected chi connectivity index (χ0v) is 8.66. The highest BCUT2D eigenvalue weighted by atomic mass is 19.1. The Bertz CT molecular complexity index is 494. The van der Waals surface area contributed by atoms with Crippen LogP contribution in [0.1, 0.15) is 10.4 Å². The van der Waals surface area contributed by atoms with Crippen LogP contribution in [0.3, 0.4) is 0 Å². The summed E-state index contributed by atoms with van der Waals surface area (Å²) in [5.41, 5.74) is -0.318. The zero-order chi connectivity index (χ0) is 12.8. The van der Waals surface area contributed by atoms with Gasteiger partial charge in [0.2, 0.25) is 0 Å². The molecule has 5 nitrogen and oxygen atoms in total. The molecule has 6 heteroatoms. The van der Waals surface area contributed by atoms with E-state index in [-0.39, 0.29) is 17.8 Å². The lowest BCUT2D eigenvalue weighted by Gasteiger charge is -2.06. The minimum absolute atomic E-state index is 0.0145. The number of urea groups is 1. The van der Waals surface area contributed by atoms with E-state index in [4.69, 9.17) is 11.5 Å². The van der Waals surface area contributed by atoms with Gasteiger partial charge < -0.3 is 15.7 Å². The molecule has 88 valence electrons. The van der Waals surface area contributed by atoms with E-state index in [1.54, 1.807) is 0 Å². The van der Waals surface area contributed by atoms with Crippen LogP contribution in [-0.4, -0.2) is 23.7 Å². The van der Waals surface area contributed by atoms with E-state index in [2.05, 4.69) is 16.6 Å². The molecule has 0 fully saturated rings. The molecule has 0 aliphatic rings. The lowest BCUT2D eigenvalue weighted by atomic mass is 10.2. The van der Waals surface area contributed by atoms with Gasteiger partial charge in [-0.1, -0.05) is 5.92 Å². The average Bonchev–Trinajstić information content (AvgIpc) is 2.28. The molecule has 0 heterocycles. The van der Waals surface area contributed by atoms with Crippen LogP contribution in [0.2, 0.25) is 0 Å². The van der Waals surface area contributed by atoms with Crippen molar-refractivity contribution >= 4 is 17.7 Å². The molecular weight excluding hydrogens is 227 g/mol. The van der Waals surface area contributed by atoms with Crippen LogP contribution >= 0.6 is 0 Å². The molecule has 0 saturated heterocycles. The first-order valence-electron chi connectivity index (χ1n) is 4.55. The molecule has 1 aromatic rings. The van der Waals surface area contributed by atoms with Crippen LogP contribution in [-0.2, 0) is 0 Å². The highest BCUT2D eigenvalue weighted by molar-refractivity contribution is 5.91. The topological polar surface area (TPSA) is 78.4 Å². The minimum Gasteiger partial charge on any atom is -0.478 e. The summed E-state index contributed by atoms with van der Waals surface area (Å²) in [5, 5.41) is 13.1. The third-order valence-electron chi connectivity index (χ3n) is 1.82. The molecule has 17 heavy (non-hydrogen) atoms. The number of carbonyl (C=O) groups excluding carboxylic acids is 1. The molecule has 0 saturated carbocycles. The van der Waals surface area contributed by atoms with Crippen LogP contribution in [0.4, 0.5) is 14.9 Å². The second kappa shape index (κ2) is 5.51. The molecule has 0 radical (unpaired) electrons. The van der Waals surface area contributed by atoms with Crippen LogP contribution in [0.5, 0.6) is 0 Å². The maximum Gasteiger partial charge on any atom is 0.335 e. The Balaban J connectivity index is 2.76. The van der Waals surface area contributed by atoms with Crippen molar-refractivity contribution in [2.24, 2.45) is 0 Å². The van der Waals surface area contributed by atoms with Gasteiger partial charge in [0.05, 0.1) is 17.8 Å². The number of carbonyl (C=O) groups is 2. The highest BCUT2D eigenvalue weighted by Crippen LogP contribution is 2.15. The molecule has 3 N–H and O–H groups in total. The Morgan fingerprint density at radius 1 is 1.47 bits per heavy atom. The highest BCUT2D eigenvalue weighted by Gasteiger charge is 2.10. The van der Waals surface area contributed by atoms with Crippen LogP contribution in [0, 0.1) is 18.2 Å². The van der Waals surface area contributed by atoms with Crippen LogP contribution < -0.4 is 10.6 Å². The van der Waals surface area contributed by atoms with Gasteiger partial charge in [-0.05, 0) is 18.2 Å². The van der Waals surface area contributed by atoms with Gasteiger partial charge in [-0.15, -0.1) is 6.42 Å². The van der Waals surface area contributed by atoms with E-state index >= 15 is 0 Å². The van der Waals surface area contributed by atoms with E-state index in [0.29, 0.717) is 0 Å². The lowest BCUT2D eigenvalue weighted by molar-refractivity contribution is 0.0696. The number of halogens is 1. The minimum atomic E-state index is -1.24. The standard InChI is InChI=1S/C11H9FN2O3/c1-2-5-13-11(17)14-9-4-3-7(10(15)16)6-8(9)12/h1,3-4,6H,5H2,(H,15,16)(H2,13,14,17). The van der Waals surface area contributed by atoms with Gasteiger partial charge in [-0.2, -0.15) is 0 Å². The molecule has 2 amide bonds. The SMILES string of the molecule is C#CCNC(=O)Nc1ccc(C(=O)O)cc1F. The maximum atomic E-state index is 13.3. The number of carboxylic acids is 1. The predicted molar refractivity (Wildman–Crippen MR) is 59.2 cm³/mol. The van der Waals surface area contributed by atoms with E-state index in [1.807, 2.05) is 0 Å². The largest absolute Gasteiger partial charge is 0.478 e. The first-order valence-corrected chi connectivity index (χ1v) is 4.55. The monoisotopic (exact) mass is 236 g/mol. The number of terminal acetylenes is 1. The van der Waals surface area contributed by atoms with Crippen LogP contribution in [0.25, 0.3) is 0 Å². The van der Waals surface area contributed by atoms with Gasteiger partial charge >= 0.3 is 12.0 Å². The summed E-state index contributed by atoms with van der Waals surface area (Å²) in [4.78, 5) is 21.7. The van der Waals surface area contributed by atoms with Gasteiger partial charge in [0.1, 0.15) is 5.82 Å². The van der Waals surface area contributed by atoms with Crippen molar-refractivity contribution < 1.29 is 19.1 Å². The number of hydrogen-bond acceptors (Lipinski definition) is 2. The number of amides is 2. The van der Waals surface area contributed by atoms with Gasteiger partial charge in [-0.3, -0.25) is 0 Å². The second-order valence-corrected chi connectivity index (χ2v) is 3.01. The lowest BCUT2D eigenvalue weighted by Crippen LogP contribution is -2.29. The number of benzene rings is 1. The number of hydrogen-bond donors (Lipinski definition) is 3. The predicted octanol–water partition coefficient (Wildman–Crippen LogP) is 1.28. The molecule has 0 spiro atoms. The van der Waals surface area contributed by atoms with Crippen molar-refractivity contribution in [2.75, 3.05) is 11.9 Å². The molecule has 0 unspecified atom stereocenters. The van der Waals surface area contributed by atoms with E-state index in [1.165, 1.54) is 6.07 Å². The normalized spacial score (nSPS) is 9.18. The number of carboxylic acid groups (broad SMARTS) is 1. The maximum absolute atomic E-state index is 13.3. The fourth-order valence-electron chi connectivity index (χ4n) is 1.05. The first-order chi connectivity index (χ1) is 8.04. The summed E-state index contributed by atoms with van der Waals surface area (Å²) in [6, 6.07) is 2.50. The summed E-state index contributed by atoms with van der Waals surface area (Å²) in [6.07, 6.45) is 4.92. The molecule has 1 aromatic carbocycles. The van der Waals surface area contributed by atoms with E-state index < -0.39 is 17.8 Å². The van der Waals surface area contributed by atoms with Crippen molar-refractivity contribution in [3.05, 3.63) is 29.6 Å². The van der Waals surface area contributed by atoms with Gasteiger partial charge in [0, 0.05) is 0 Å². The smallest absolute Gasteiger partial charge is 0.335 e. The number of nitrogens with one attached hydrogen (secondary N) is 2. The van der Waals surface area contributed by atoms with Crippen molar-refractivity contribution in [3.8, 4) is 12.3 Å². The number of anilines is 1. The second-order valence-electron chi connectivity index (χ2n) is 3.01. The zero-order valence-electron chi connectivity index (χ0n) is 8.66.